The third-order valence-electron chi connectivity index (χ3n) is 3.41. The first-order chi connectivity index (χ1) is 10.1. The molecule has 0 spiro atoms. The topological polar surface area (TPSA) is 66.4 Å². The number of carbonyl (C=O) groups excluding carboxylic acids is 1. The van der Waals surface area contributed by atoms with Crippen molar-refractivity contribution < 1.29 is 14.7 Å². The van der Waals surface area contributed by atoms with Crippen molar-refractivity contribution in [1.82, 2.24) is 0 Å². The molecule has 7 heteroatoms. The first kappa shape index (κ1) is 14.6. The summed E-state index contributed by atoms with van der Waals surface area (Å²) in [5.74, 6) is -1.29. The van der Waals surface area contributed by atoms with E-state index in [1.54, 1.807) is 12.1 Å². The molecule has 4 nitrogen and oxygen atoms in total. The van der Waals surface area contributed by atoms with E-state index in [0.29, 0.717) is 14.2 Å². The molecule has 0 saturated carbocycles. The monoisotopic (exact) mass is 341 g/mol. The average molecular weight is 342 g/mol. The minimum absolute atomic E-state index is 0.255. The Labute approximate surface area is 134 Å². The molecule has 0 bridgehead atoms. The Hall–Kier alpha value is -1.37. The molecule has 0 aliphatic heterocycles. The second kappa shape index (κ2) is 5.79. The van der Waals surface area contributed by atoms with Gasteiger partial charge < -0.3 is 10.4 Å². The van der Waals surface area contributed by atoms with Crippen LogP contribution in [0.4, 0.5) is 5.00 Å². The number of halogens is 1. The summed E-state index contributed by atoms with van der Waals surface area (Å²) >= 11 is 8.37. The molecule has 1 aliphatic rings. The van der Waals surface area contributed by atoms with Gasteiger partial charge in [0.2, 0.25) is 0 Å². The Morgan fingerprint density at radius 1 is 1.19 bits per heavy atom. The zero-order valence-corrected chi connectivity index (χ0v) is 13.3. The minimum atomic E-state index is -0.978. The summed E-state index contributed by atoms with van der Waals surface area (Å²) < 4.78 is 0.532. The number of carbonyl (C=O) groups is 2. The lowest BCUT2D eigenvalue weighted by Crippen LogP contribution is -2.13. The molecule has 0 saturated heterocycles. The van der Waals surface area contributed by atoms with Gasteiger partial charge in [-0.25, -0.2) is 4.79 Å². The number of carboxylic acid groups (broad SMARTS) is 1. The number of hydrogen-bond acceptors (Lipinski definition) is 4. The van der Waals surface area contributed by atoms with E-state index >= 15 is 0 Å². The number of aryl methyl sites for hydroxylation is 1. The van der Waals surface area contributed by atoms with Gasteiger partial charge in [-0.1, -0.05) is 11.6 Å². The van der Waals surface area contributed by atoms with E-state index in [9.17, 15) is 14.7 Å². The van der Waals surface area contributed by atoms with Gasteiger partial charge in [-0.3, -0.25) is 4.79 Å². The standard InChI is InChI=1S/C14H12ClNO3S2/c15-10-6-5-9(20-10)12(17)16-13-11(14(18)19)7-3-1-2-4-8(7)21-13/h5-6H,1-4H2,(H,16,17)(H,18,19). The summed E-state index contributed by atoms with van der Waals surface area (Å²) in [5.41, 5.74) is 1.14. The normalized spacial score (nSPS) is 13.8. The highest BCUT2D eigenvalue weighted by molar-refractivity contribution is 7.18. The molecule has 0 unspecified atom stereocenters. The third-order valence-corrected chi connectivity index (χ3v) is 5.85. The number of fused-ring (bicyclic) bond motifs is 1. The number of nitrogens with one attached hydrogen (secondary N) is 1. The zero-order chi connectivity index (χ0) is 15.0. The summed E-state index contributed by atoms with van der Waals surface area (Å²) in [4.78, 5) is 25.2. The highest BCUT2D eigenvalue weighted by Crippen LogP contribution is 2.38. The van der Waals surface area contributed by atoms with Crippen LogP contribution < -0.4 is 5.32 Å². The molecule has 1 aliphatic carbocycles. The quantitative estimate of drug-likeness (QED) is 0.875. The van der Waals surface area contributed by atoms with Gasteiger partial charge in [-0.15, -0.1) is 22.7 Å². The first-order valence-electron chi connectivity index (χ1n) is 6.51. The van der Waals surface area contributed by atoms with Crippen molar-refractivity contribution in [2.45, 2.75) is 25.7 Å². The van der Waals surface area contributed by atoms with Crippen LogP contribution in [0.3, 0.4) is 0 Å². The van der Waals surface area contributed by atoms with E-state index < -0.39 is 5.97 Å². The van der Waals surface area contributed by atoms with Crippen LogP contribution in [0, 0.1) is 0 Å². The Balaban J connectivity index is 1.93. The molecule has 3 rings (SSSR count). The van der Waals surface area contributed by atoms with E-state index in [1.165, 1.54) is 22.7 Å². The van der Waals surface area contributed by atoms with Gasteiger partial charge in [0.15, 0.2) is 0 Å². The molecule has 110 valence electrons. The van der Waals surface area contributed by atoms with Crippen LogP contribution in [0.2, 0.25) is 4.34 Å². The van der Waals surface area contributed by atoms with Gasteiger partial charge in [0.05, 0.1) is 14.8 Å². The molecule has 21 heavy (non-hydrogen) atoms. The van der Waals surface area contributed by atoms with Crippen molar-refractivity contribution in [3.05, 3.63) is 37.4 Å². The number of hydrogen-bond donors (Lipinski definition) is 2. The average Bonchev–Trinajstić information content (AvgIpc) is 3.01. The second-order valence-electron chi connectivity index (χ2n) is 4.78. The van der Waals surface area contributed by atoms with Crippen molar-refractivity contribution in [3.63, 3.8) is 0 Å². The van der Waals surface area contributed by atoms with Crippen LogP contribution in [0.25, 0.3) is 0 Å². The van der Waals surface area contributed by atoms with Gasteiger partial charge in [-0.2, -0.15) is 0 Å². The van der Waals surface area contributed by atoms with Crippen LogP contribution in [0.5, 0.6) is 0 Å². The van der Waals surface area contributed by atoms with Gasteiger partial charge in [0.1, 0.15) is 5.00 Å². The smallest absolute Gasteiger partial charge is 0.339 e. The Bertz CT molecular complexity index is 720. The molecular formula is C14H12ClNO3S2. The Kier molecular flexibility index (Phi) is 4.01. The van der Waals surface area contributed by atoms with E-state index in [0.717, 1.165) is 36.1 Å². The molecule has 2 aromatic heterocycles. The third kappa shape index (κ3) is 2.84. The van der Waals surface area contributed by atoms with Gasteiger partial charge in [0.25, 0.3) is 5.91 Å². The maximum Gasteiger partial charge on any atom is 0.339 e. The second-order valence-corrected chi connectivity index (χ2v) is 7.60. The van der Waals surface area contributed by atoms with Crippen molar-refractivity contribution >= 4 is 51.2 Å². The zero-order valence-electron chi connectivity index (χ0n) is 10.9. The first-order valence-corrected chi connectivity index (χ1v) is 8.52. The predicted molar refractivity (Wildman–Crippen MR) is 85.2 cm³/mol. The maximum absolute atomic E-state index is 12.2. The van der Waals surface area contributed by atoms with Gasteiger partial charge in [-0.05, 0) is 43.4 Å². The Morgan fingerprint density at radius 3 is 2.62 bits per heavy atom. The molecule has 0 fully saturated rings. The molecular weight excluding hydrogens is 330 g/mol. The minimum Gasteiger partial charge on any atom is -0.478 e. The summed E-state index contributed by atoms with van der Waals surface area (Å²) in [7, 11) is 0. The fourth-order valence-electron chi connectivity index (χ4n) is 2.48. The van der Waals surface area contributed by atoms with E-state index in [-0.39, 0.29) is 11.5 Å². The summed E-state index contributed by atoms with van der Waals surface area (Å²) in [5, 5.41) is 12.6. The number of aromatic carboxylic acids is 1. The lowest BCUT2D eigenvalue weighted by molar-refractivity contribution is 0.0697. The summed E-state index contributed by atoms with van der Waals surface area (Å²) in [6, 6.07) is 3.29. The SMILES string of the molecule is O=C(Nc1sc2c(c1C(=O)O)CCCC2)c1ccc(Cl)s1. The predicted octanol–water partition coefficient (Wildman–Crippen LogP) is 4.29. The summed E-state index contributed by atoms with van der Waals surface area (Å²) in [6.45, 7) is 0. The van der Waals surface area contributed by atoms with Crippen LogP contribution >= 0.6 is 34.3 Å². The molecule has 0 radical (unpaired) electrons. The number of anilines is 1. The molecule has 1 amide bonds. The number of thiophene rings is 2. The van der Waals surface area contributed by atoms with E-state index in [2.05, 4.69) is 5.32 Å². The van der Waals surface area contributed by atoms with Gasteiger partial charge in [0, 0.05) is 4.88 Å². The van der Waals surface area contributed by atoms with Crippen molar-refractivity contribution in [2.75, 3.05) is 5.32 Å². The van der Waals surface area contributed by atoms with Gasteiger partial charge >= 0.3 is 5.97 Å². The highest BCUT2D eigenvalue weighted by atomic mass is 35.5. The van der Waals surface area contributed by atoms with Crippen molar-refractivity contribution in [1.29, 1.82) is 0 Å². The Morgan fingerprint density at radius 2 is 1.95 bits per heavy atom. The number of rotatable bonds is 3. The van der Waals surface area contributed by atoms with Crippen LogP contribution in [-0.4, -0.2) is 17.0 Å². The van der Waals surface area contributed by atoms with Crippen LogP contribution in [0.1, 0.15) is 43.3 Å². The lowest BCUT2D eigenvalue weighted by Gasteiger charge is -2.10. The molecule has 2 aromatic rings. The maximum atomic E-state index is 12.2. The number of amides is 1. The highest BCUT2D eigenvalue weighted by Gasteiger charge is 2.26. The molecule has 0 aromatic carbocycles. The van der Waals surface area contributed by atoms with E-state index in [4.69, 9.17) is 11.6 Å². The molecule has 2 heterocycles. The van der Waals surface area contributed by atoms with Crippen LogP contribution in [0.15, 0.2) is 12.1 Å². The molecule has 2 N–H and O–H groups in total. The number of carboxylic acids is 1. The molecule has 0 atom stereocenters. The largest absolute Gasteiger partial charge is 0.478 e. The van der Waals surface area contributed by atoms with Crippen molar-refractivity contribution in [3.8, 4) is 0 Å². The van der Waals surface area contributed by atoms with Crippen molar-refractivity contribution in [2.24, 2.45) is 0 Å². The fraction of sp³-hybridized carbons (Fsp3) is 0.286. The fourth-order valence-corrected chi connectivity index (χ4v) is 4.70. The van der Waals surface area contributed by atoms with E-state index in [1.807, 2.05) is 0 Å². The van der Waals surface area contributed by atoms with Crippen LogP contribution in [-0.2, 0) is 12.8 Å². The summed E-state index contributed by atoms with van der Waals surface area (Å²) in [6.07, 6.45) is 3.73. The lowest BCUT2D eigenvalue weighted by atomic mass is 9.95.